The van der Waals surface area contributed by atoms with Crippen LogP contribution in [-0.4, -0.2) is 44.1 Å². The molecule has 1 saturated heterocycles. The van der Waals surface area contributed by atoms with Crippen molar-refractivity contribution < 1.29 is 9.90 Å². The van der Waals surface area contributed by atoms with Gasteiger partial charge in [0.25, 0.3) is 0 Å². The Bertz CT molecular complexity index is 640. The van der Waals surface area contributed by atoms with Crippen LogP contribution in [0.25, 0.3) is 5.69 Å². The van der Waals surface area contributed by atoms with Gasteiger partial charge >= 0.3 is 5.97 Å². The van der Waals surface area contributed by atoms with Crippen LogP contribution in [0.2, 0.25) is 0 Å². The maximum absolute atomic E-state index is 11.3. The minimum absolute atomic E-state index is 0.556. The zero-order valence-electron chi connectivity index (χ0n) is 11.9. The second kappa shape index (κ2) is 5.29. The van der Waals surface area contributed by atoms with Crippen LogP contribution in [0, 0.1) is 5.41 Å². The normalized spacial score (nSPS) is 22.5. The second-order valence-corrected chi connectivity index (χ2v) is 5.79. The summed E-state index contributed by atoms with van der Waals surface area (Å²) in [6, 6.07) is 9.72. The quantitative estimate of drug-likeness (QED) is 0.923. The standard InChI is InChI=1S/C15H18N4O2/c1-15(14(20)21)7-8-18(11-15)10-12-9-16-19(17-12)13-5-3-2-4-6-13/h2-6,9H,7-8,10-11H2,1H3,(H,20,21). The number of para-hydroxylation sites is 1. The lowest BCUT2D eigenvalue weighted by Gasteiger charge is -2.19. The van der Waals surface area contributed by atoms with Gasteiger partial charge in [-0.2, -0.15) is 15.0 Å². The van der Waals surface area contributed by atoms with Gasteiger partial charge in [0.2, 0.25) is 0 Å². The average Bonchev–Trinajstić information content (AvgIpc) is 3.08. The molecule has 0 spiro atoms. The van der Waals surface area contributed by atoms with Crippen molar-refractivity contribution in [3.8, 4) is 5.69 Å². The number of carbonyl (C=O) groups is 1. The van der Waals surface area contributed by atoms with Gasteiger partial charge in [-0.15, -0.1) is 0 Å². The number of aromatic nitrogens is 3. The lowest BCUT2D eigenvalue weighted by atomic mass is 9.90. The molecule has 1 aliphatic rings. The lowest BCUT2D eigenvalue weighted by molar-refractivity contribution is -0.147. The molecule has 6 nitrogen and oxygen atoms in total. The maximum Gasteiger partial charge on any atom is 0.310 e. The van der Waals surface area contributed by atoms with E-state index in [1.165, 1.54) is 0 Å². The Balaban J connectivity index is 1.68. The van der Waals surface area contributed by atoms with Gasteiger partial charge in [-0.25, -0.2) is 0 Å². The summed E-state index contributed by atoms with van der Waals surface area (Å²) in [5.41, 5.74) is 1.13. The van der Waals surface area contributed by atoms with E-state index in [2.05, 4.69) is 15.1 Å². The molecule has 1 aliphatic heterocycles. The third-order valence-corrected chi connectivity index (χ3v) is 3.98. The van der Waals surface area contributed by atoms with E-state index in [0.29, 0.717) is 19.5 Å². The number of carboxylic acids is 1. The van der Waals surface area contributed by atoms with Crippen LogP contribution in [0.3, 0.4) is 0 Å². The number of carboxylic acid groups (broad SMARTS) is 1. The van der Waals surface area contributed by atoms with E-state index in [4.69, 9.17) is 0 Å². The average molecular weight is 286 g/mol. The van der Waals surface area contributed by atoms with Crippen molar-refractivity contribution >= 4 is 5.97 Å². The smallest absolute Gasteiger partial charge is 0.310 e. The molecule has 2 heterocycles. The summed E-state index contributed by atoms with van der Waals surface area (Å²) in [7, 11) is 0. The number of rotatable bonds is 4. The molecule has 3 rings (SSSR count). The first-order chi connectivity index (χ1) is 10.1. The lowest BCUT2D eigenvalue weighted by Crippen LogP contribution is -2.31. The fourth-order valence-electron chi connectivity index (χ4n) is 2.65. The van der Waals surface area contributed by atoms with Gasteiger partial charge in [0.05, 0.1) is 23.0 Å². The van der Waals surface area contributed by atoms with Crippen molar-refractivity contribution in [3.63, 3.8) is 0 Å². The molecule has 0 aliphatic carbocycles. The van der Waals surface area contributed by atoms with Crippen molar-refractivity contribution in [2.24, 2.45) is 5.41 Å². The van der Waals surface area contributed by atoms with Crippen molar-refractivity contribution in [1.29, 1.82) is 0 Å². The first-order valence-electron chi connectivity index (χ1n) is 6.99. The summed E-state index contributed by atoms with van der Waals surface area (Å²) in [5, 5.41) is 18.0. The van der Waals surface area contributed by atoms with Gasteiger partial charge in [0, 0.05) is 13.1 Å². The minimum Gasteiger partial charge on any atom is -0.481 e. The molecule has 110 valence electrons. The molecule has 0 radical (unpaired) electrons. The van der Waals surface area contributed by atoms with E-state index in [9.17, 15) is 9.90 Å². The van der Waals surface area contributed by atoms with Gasteiger partial charge in [-0.1, -0.05) is 18.2 Å². The van der Waals surface area contributed by atoms with Crippen molar-refractivity contribution in [1.82, 2.24) is 19.9 Å². The summed E-state index contributed by atoms with van der Waals surface area (Å²) in [5.74, 6) is -0.724. The largest absolute Gasteiger partial charge is 0.481 e. The molecule has 0 bridgehead atoms. The molecular formula is C15H18N4O2. The second-order valence-electron chi connectivity index (χ2n) is 5.79. The molecule has 1 aromatic heterocycles. The third-order valence-electron chi connectivity index (χ3n) is 3.98. The predicted octanol–water partition coefficient (Wildman–Crippen LogP) is 1.56. The van der Waals surface area contributed by atoms with E-state index in [0.717, 1.165) is 17.9 Å². The van der Waals surface area contributed by atoms with E-state index in [1.54, 1.807) is 17.9 Å². The molecule has 1 unspecified atom stereocenters. The van der Waals surface area contributed by atoms with Gasteiger partial charge in [-0.3, -0.25) is 9.69 Å². The maximum atomic E-state index is 11.3. The van der Waals surface area contributed by atoms with Crippen LogP contribution in [0.1, 0.15) is 19.0 Å². The number of hydrogen-bond acceptors (Lipinski definition) is 4. The Morgan fingerprint density at radius 3 is 2.81 bits per heavy atom. The van der Waals surface area contributed by atoms with Gasteiger partial charge in [0.15, 0.2) is 0 Å². The van der Waals surface area contributed by atoms with Crippen molar-refractivity contribution in [2.75, 3.05) is 13.1 Å². The summed E-state index contributed by atoms with van der Waals surface area (Å²) >= 11 is 0. The van der Waals surface area contributed by atoms with E-state index >= 15 is 0 Å². The first kappa shape index (κ1) is 13.8. The molecule has 21 heavy (non-hydrogen) atoms. The highest BCUT2D eigenvalue weighted by Gasteiger charge is 2.40. The zero-order chi connectivity index (χ0) is 14.9. The minimum atomic E-state index is -0.724. The van der Waals surface area contributed by atoms with Crippen molar-refractivity contribution in [3.05, 3.63) is 42.2 Å². The summed E-state index contributed by atoms with van der Waals surface area (Å²) < 4.78 is 0. The van der Waals surface area contributed by atoms with Crippen LogP contribution in [0.15, 0.2) is 36.5 Å². The van der Waals surface area contributed by atoms with Crippen LogP contribution >= 0.6 is 0 Å². The number of aliphatic carboxylic acids is 1. The topological polar surface area (TPSA) is 71.2 Å². The van der Waals surface area contributed by atoms with Gasteiger partial charge in [0.1, 0.15) is 0 Å². The van der Waals surface area contributed by atoms with Crippen LogP contribution < -0.4 is 0 Å². The molecule has 0 saturated carbocycles. The Morgan fingerprint density at radius 2 is 2.14 bits per heavy atom. The van der Waals surface area contributed by atoms with E-state index in [-0.39, 0.29) is 0 Å². The molecule has 2 aromatic rings. The Kier molecular flexibility index (Phi) is 3.47. The summed E-state index contributed by atoms with van der Waals surface area (Å²) in [6.07, 6.45) is 2.42. The molecule has 1 aromatic carbocycles. The van der Waals surface area contributed by atoms with Crippen LogP contribution in [-0.2, 0) is 11.3 Å². The third kappa shape index (κ3) is 2.80. The number of nitrogens with zero attached hydrogens (tertiary/aromatic N) is 4. The van der Waals surface area contributed by atoms with E-state index in [1.807, 2.05) is 30.3 Å². The highest BCUT2D eigenvalue weighted by molar-refractivity contribution is 5.74. The molecule has 0 amide bonds. The SMILES string of the molecule is CC1(C(=O)O)CCN(Cc2cnn(-c3ccccc3)n2)C1. The monoisotopic (exact) mass is 286 g/mol. The molecule has 6 heteroatoms. The number of likely N-dealkylation sites (tertiary alicyclic amines) is 1. The molecular weight excluding hydrogens is 268 g/mol. The van der Waals surface area contributed by atoms with Gasteiger partial charge < -0.3 is 5.11 Å². The Hall–Kier alpha value is -2.21. The number of hydrogen-bond donors (Lipinski definition) is 1. The number of benzene rings is 1. The van der Waals surface area contributed by atoms with Crippen LogP contribution in [0.5, 0.6) is 0 Å². The Labute approximate surface area is 123 Å². The highest BCUT2D eigenvalue weighted by Crippen LogP contribution is 2.30. The molecule has 1 N–H and O–H groups in total. The van der Waals surface area contributed by atoms with Gasteiger partial charge in [-0.05, 0) is 32.0 Å². The summed E-state index contributed by atoms with van der Waals surface area (Å²) in [6.45, 7) is 3.77. The first-order valence-corrected chi connectivity index (χ1v) is 6.99. The summed E-state index contributed by atoms with van der Waals surface area (Å²) in [4.78, 5) is 15.0. The molecule has 1 atom stereocenters. The fourth-order valence-corrected chi connectivity index (χ4v) is 2.65. The zero-order valence-corrected chi connectivity index (χ0v) is 11.9. The van der Waals surface area contributed by atoms with E-state index < -0.39 is 11.4 Å². The fraction of sp³-hybridized carbons (Fsp3) is 0.400. The van der Waals surface area contributed by atoms with Crippen LogP contribution in [0.4, 0.5) is 0 Å². The van der Waals surface area contributed by atoms with Crippen molar-refractivity contribution in [2.45, 2.75) is 19.9 Å². The molecule has 1 fully saturated rings. The highest BCUT2D eigenvalue weighted by atomic mass is 16.4. The predicted molar refractivity (Wildman–Crippen MR) is 77.0 cm³/mol. The Morgan fingerprint density at radius 1 is 1.38 bits per heavy atom.